The summed E-state index contributed by atoms with van der Waals surface area (Å²) in [6, 6.07) is 1.71. The second-order valence-electron chi connectivity index (χ2n) is 4.64. The SMILES string of the molecule is Nc1[nH]c(=O)c(C(=O)O)c(-c2cc(Cl)c(Cl)cc2[N+](=O)[O-])c1C(=O)O. The van der Waals surface area contributed by atoms with Gasteiger partial charge in [0.05, 0.1) is 20.5 Å². The first-order valence-corrected chi connectivity index (χ1v) is 6.98. The predicted octanol–water partition coefficient (Wildman–Crippen LogP) is 2.24. The monoisotopic (exact) mass is 387 g/mol. The molecule has 25 heavy (non-hydrogen) atoms. The third kappa shape index (κ3) is 3.12. The van der Waals surface area contributed by atoms with Crippen LogP contribution in [0.3, 0.4) is 0 Å². The molecular weight excluding hydrogens is 381 g/mol. The van der Waals surface area contributed by atoms with E-state index in [9.17, 15) is 34.7 Å². The fourth-order valence-electron chi connectivity index (χ4n) is 2.20. The van der Waals surface area contributed by atoms with Crippen LogP contribution in [0.25, 0.3) is 11.1 Å². The second-order valence-corrected chi connectivity index (χ2v) is 5.46. The van der Waals surface area contributed by atoms with Gasteiger partial charge >= 0.3 is 11.9 Å². The smallest absolute Gasteiger partial charge is 0.342 e. The molecule has 0 unspecified atom stereocenters. The van der Waals surface area contributed by atoms with Crippen LogP contribution in [0.2, 0.25) is 10.0 Å². The van der Waals surface area contributed by atoms with Gasteiger partial charge in [-0.25, -0.2) is 9.59 Å². The van der Waals surface area contributed by atoms with Crippen LogP contribution in [-0.2, 0) is 0 Å². The van der Waals surface area contributed by atoms with E-state index in [-0.39, 0.29) is 10.0 Å². The van der Waals surface area contributed by atoms with E-state index < -0.39 is 56.2 Å². The molecule has 2 rings (SSSR count). The Morgan fingerprint density at radius 3 is 2.12 bits per heavy atom. The summed E-state index contributed by atoms with van der Waals surface area (Å²) in [4.78, 5) is 47.2. The van der Waals surface area contributed by atoms with E-state index in [1.807, 2.05) is 4.98 Å². The molecular formula is C13H7Cl2N3O7. The number of aromatic amines is 1. The predicted molar refractivity (Wildman–Crippen MR) is 87.5 cm³/mol. The Hall–Kier alpha value is -3.11. The molecule has 12 heteroatoms. The molecule has 1 heterocycles. The molecule has 0 saturated carbocycles. The molecule has 2 aromatic rings. The summed E-state index contributed by atoms with van der Waals surface area (Å²) in [5.41, 5.74) is 0.368. The zero-order chi connectivity index (χ0) is 19.0. The fraction of sp³-hybridized carbons (Fsp3) is 0. The van der Waals surface area contributed by atoms with Crippen LogP contribution < -0.4 is 11.3 Å². The number of pyridine rings is 1. The number of aromatic nitrogens is 1. The number of H-pyrrole nitrogens is 1. The molecule has 0 saturated heterocycles. The van der Waals surface area contributed by atoms with Gasteiger partial charge in [0.15, 0.2) is 0 Å². The number of nitro benzene ring substituents is 1. The van der Waals surface area contributed by atoms with Crippen molar-refractivity contribution in [3.8, 4) is 11.1 Å². The van der Waals surface area contributed by atoms with Crippen LogP contribution in [0.15, 0.2) is 16.9 Å². The average Bonchev–Trinajstić information content (AvgIpc) is 2.47. The number of carboxylic acid groups (broad SMARTS) is 2. The van der Waals surface area contributed by atoms with Crippen molar-refractivity contribution < 1.29 is 24.7 Å². The topological polar surface area (TPSA) is 177 Å². The van der Waals surface area contributed by atoms with Crippen LogP contribution in [0.5, 0.6) is 0 Å². The highest BCUT2D eigenvalue weighted by molar-refractivity contribution is 6.42. The maximum Gasteiger partial charge on any atom is 0.342 e. The number of rotatable bonds is 4. The first-order chi connectivity index (χ1) is 11.6. The van der Waals surface area contributed by atoms with Crippen LogP contribution >= 0.6 is 23.2 Å². The molecule has 1 aromatic heterocycles. The van der Waals surface area contributed by atoms with Crippen molar-refractivity contribution in [1.82, 2.24) is 4.98 Å². The largest absolute Gasteiger partial charge is 0.478 e. The van der Waals surface area contributed by atoms with Crippen molar-refractivity contribution in [1.29, 1.82) is 0 Å². The Bertz CT molecular complexity index is 1000. The van der Waals surface area contributed by atoms with Crippen molar-refractivity contribution >= 4 is 46.6 Å². The van der Waals surface area contributed by atoms with Crippen molar-refractivity contribution in [2.75, 3.05) is 5.73 Å². The molecule has 5 N–H and O–H groups in total. The van der Waals surface area contributed by atoms with Crippen molar-refractivity contribution in [3.63, 3.8) is 0 Å². The number of halogens is 2. The normalized spacial score (nSPS) is 10.5. The lowest BCUT2D eigenvalue weighted by molar-refractivity contribution is -0.384. The highest BCUT2D eigenvalue weighted by Gasteiger charge is 2.31. The molecule has 0 aliphatic heterocycles. The molecule has 10 nitrogen and oxygen atoms in total. The van der Waals surface area contributed by atoms with Gasteiger partial charge < -0.3 is 20.9 Å². The van der Waals surface area contributed by atoms with Gasteiger partial charge in [0.1, 0.15) is 16.9 Å². The van der Waals surface area contributed by atoms with Crippen LogP contribution in [0.1, 0.15) is 20.7 Å². The molecule has 1 aromatic carbocycles. The van der Waals surface area contributed by atoms with E-state index in [0.29, 0.717) is 0 Å². The van der Waals surface area contributed by atoms with E-state index in [0.717, 1.165) is 12.1 Å². The van der Waals surface area contributed by atoms with Crippen molar-refractivity contribution in [2.45, 2.75) is 0 Å². The fourth-order valence-corrected chi connectivity index (χ4v) is 2.53. The number of nitrogen functional groups attached to an aromatic ring is 1. The third-order valence-corrected chi connectivity index (χ3v) is 3.90. The van der Waals surface area contributed by atoms with E-state index in [2.05, 4.69) is 0 Å². The van der Waals surface area contributed by atoms with Crippen molar-refractivity contribution in [3.05, 3.63) is 53.8 Å². The molecule has 0 radical (unpaired) electrons. The minimum atomic E-state index is -1.81. The van der Waals surface area contributed by atoms with Gasteiger partial charge in [-0.3, -0.25) is 14.9 Å². The molecule has 0 amide bonds. The number of carbonyl (C=O) groups is 2. The number of nitrogens with zero attached hydrogens (tertiary/aromatic N) is 1. The number of nitrogens with two attached hydrogens (primary N) is 1. The van der Waals surface area contributed by atoms with Crippen LogP contribution in [0.4, 0.5) is 11.5 Å². The van der Waals surface area contributed by atoms with Crippen LogP contribution in [-0.4, -0.2) is 32.1 Å². The maximum atomic E-state index is 11.9. The first-order valence-electron chi connectivity index (χ1n) is 6.22. The Labute approximate surface area is 147 Å². The number of aromatic carboxylic acids is 2. The van der Waals surface area contributed by atoms with Crippen molar-refractivity contribution in [2.24, 2.45) is 0 Å². The summed E-state index contributed by atoms with van der Waals surface area (Å²) in [5.74, 6) is -4.18. The molecule has 0 aliphatic rings. The lowest BCUT2D eigenvalue weighted by Crippen LogP contribution is -2.24. The van der Waals surface area contributed by atoms with Gasteiger partial charge in [0, 0.05) is 11.6 Å². The number of hydrogen-bond acceptors (Lipinski definition) is 6. The van der Waals surface area contributed by atoms with Gasteiger partial charge in [-0.2, -0.15) is 0 Å². The molecule has 130 valence electrons. The Balaban J connectivity index is 3.14. The quantitative estimate of drug-likeness (QED) is 0.455. The molecule has 0 atom stereocenters. The van der Waals surface area contributed by atoms with E-state index in [1.54, 1.807) is 0 Å². The van der Waals surface area contributed by atoms with Gasteiger partial charge in [0.2, 0.25) is 0 Å². The number of benzene rings is 1. The highest BCUT2D eigenvalue weighted by atomic mass is 35.5. The average molecular weight is 388 g/mol. The Morgan fingerprint density at radius 1 is 1.12 bits per heavy atom. The zero-order valence-corrected chi connectivity index (χ0v) is 13.4. The maximum absolute atomic E-state index is 11.9. The van der Waals surface area contributed by atoms with Gasteiger partial charge in [-0.1, -0.05) is 23.2 Å². The summed E-state index contributed by atoms with van der Waals surface area (Å²) in [6.07, 6.45) is 0. The van der Waals surface area contributed by atoms with Crippen LogP contribution in [0, 0.1) is 10.1 Å². The lowest BCUT2D eigenvalue weighted by atomic mass is 9.94. The number of carboxylic acids is 2. The first kappa shape index (κ1) is 18.2. The standard InChI is InChI=1S/C13H7Cl2N3O7/c14-4-1-3(6(18(24)25)2-5(4)15)7-8(12(20)21)10(16)17-11(19)9(7)13(22)23/h1-2H,(H,20,21)(H,22,23)(H3,16,17,19). The summed E-state index contributed by atoms with van der Waals surface area (Å²) >= 11 is 11.5. The van der Waals surface area contributed by atoms with E-state index in [1.165, 1.54) is 0 Å². The number of anilines is 1. The Morgan fingerprint density at radius 2 is 1.64 bits per heavy atom. The summed E-state index contributed by atoms with van der Waals surface area (Å²) in [6.45, 7) is 0. The summed E-state index contributed by atoms with van der Waals surface area (Å²) in [5, 5.41) is 29.5. The number of nitro groups is 1. The Kier molecular flexibility index (Phi) is 4.68. The number of nitrogens with one attached hydrogen (secondary N) is 1. The molecule has 0 spiro atoms. The minimum absolute atomic E-state index is 0.214. The molecule has 0 fully saturated rings. The van der Waals surface area contributed by atoms with E-state index >= 15 is 0 Å². The van der Waals surface area contributed by atoms with E-state index in [4.69, 9.17) is 28.9 Å². The van der Waals surface area contributed by atoms with Gasteiger partial charge in [0.25, 0.3) is 11.2 Å². The number of hydrogen-bond donors (Lipinski definition) is 4. The summed E-state index contributed by atoms with van der Waals surface area (Å²) < 4.78 is 0. The molecule has 0 bridgehead atoms. The zero-order valence-electron chi connectivity index (χ0n) is 11.9. The summed E-state index contributed by atoms with van der Waals surface area (Å²) in [7, 11) is 0. The second kappa shape index (κ2) is 6.42. The molecule has 0 aliphatic carbocycles. The van der Waals surface area contributed by atoms with Gasteiger partial charge in [-0.15, -0.1) is 0 Å². The third-order valence-electron chi connectivity index (χ3n) is 3.18. The minimum Gasteiger partial charge on any atom is -0.478 e. The lowest BCUT2D eigenvalue weighted by Gasteiger charge is -2.13. The van der Waals surface area contributed by atoms with Gasteiger partial charge in [-0.05, 0) is 6.07 Å². The highest BCUT2D eigenvalue weighted by Crippen LogP contribution is 2.40.